The number of nitrogens with zero attached hydrogens (tertiary/aromatic N) is 1. The first-order valence-corrected chi connectivity index (χ1v) is 5.88. The van der Waals surface area contributed by atoms with Gasteiger partial charge in [0.05, 0.1) is 0 Å². The topological polar surface area (TPSA) is 23.2 Å². The van der Waals surface area contributed by atoms with Gasteiger partial charge >= 0.3 is 91.7 Å². The molecule has 2 aliphatic rings. The minimum absolute atomic E-state index is 0.856. The van der Waals surface area contributed by atoms with E-state index in [2.05, 4.69) is 23.9 Å². The van der Waals surface area contributed by atoms with Gasteiger partial charge in [0.2, 0.25) is 0 Å². The van der Waals surface area contributed by atoms with Crippen molar-refractivity contribution in [3.63, 3.8) is 0 Å². The number of allylic oxidation sites excluding steroid dienone is 1. The summed E-state index contributed by atoms with van der Waals surface area (Å²) in [5.41, 5.74) is 0.992. The van der Waals surface area contributed by atoms with Crippen LogP contribution < -0.4 is 0 Å². The van der Waals surface area contributed by atoms with Gasteiger partial charge < -0.3 is 0 Å². The van der Waals surface area contributed by atoms with Crippen molar-refractivity contribution in [1.29, 1.82) is 0 Å². The molecule has 1 heterocycles. The molecule has 0 spiro atoms. The van der Waals surface area contributed by atoms with Crippen LogP contribution in [-0.4, -0.2) is 34.9 Å². The normalized spacial score (nSPS) is 32.9. The van der Waals surface area contributed by atoms with Crippen molar-refractivity contribution in [2.75, 3.05) is 6.54 Å². The van der Waals surface area contributed by atoms with Gasteiger partial charge in [-0.2, -0.15) is 0 Å². The summed E-state index contributed by atoms with van der Waals surface area (Å²) in [5, 5.41) is 8.84. The molecule has 0 aromatic heterocycles. The summed E-state index contributed by atoms with van der Waals surface area (Å²) in [5.74, 6) is 1.78. The van der Waals surface area contributed by atoms with Gasteiger partial charge in [-0.25, -0.2) is 0 Å². The fraction of sp³-hybridized carbons (Fsp3) is 0.667. The molecule has 0 saturated heterocycles. The maximum atomic E-state index is 8.84. The van der Waals surface area contributed by atoms with E-state index in [4.69, 9.17) is 5.02 Å². The monoisotopic (exact) mass is 204 g/mol. The van der Waals surface area contributed by atoms with Crippen molar-refractivity contribution in [2.24, 2.45) is 11.8 Å². The van der Waals surface area contributed by atoms with E-state index >= 15 is 0 Å². The summed E-state index contributed by atoms with van der Waals surface area (Å²) in [7, 11) is 1.20. The molecule has 0 bridgehead atoms. The van der Waals surface area contributed by atoms with Crippen LogP contribution in [0.3, 0.4) is 0 Å². The Hall–Kier alpha value is -0.855. The van der Waals surface area contributed by atoms with Crippen LogP contribution in [0.5, 0.6) is 0 Å². The molecule has 2 atom stereocenters. The van der Waals surface area contributed by atoms with Gasteiger partial charge in [-0.15, -0.1) is 0 Å². The van der Waals surface area contributed by atoms with Crippen molar-refractivity contribution < 1.29 is 9.60 Å². The van der Waals surface area contributed by atoms with Crippen LogP contribution in [0.15, 0.2) is 12.3 Å². The zero-order valence-corrected chi connectivity index (χ0v) is 9.39. The van der Waals surface area contributed by atoms with Crippen molar-refractivity contribution in [3.05, 3.63) is 12.3 Å². The molecule has 0 amide bonds. The second kappa shape index (κ2) is 4.78. The second-order valence-electron chi connectivity index (χ2n) is 4.89. The molecular formula is C12H19BNO+. The second-order valence-corrected chi connectivity index (χ2v) is 4.89. The fourth-order valence-electron chi connectivity index (χ4n) is 2.56. The van der Waals surface area contributed by atoms with Gasteiger partial charge in [0.25, 0.3) is 0 Å². The van der Waals surface area contributed by atoms with Gasteiger partial charge in [-0.1, -0.05) is 0 Å². The molecule has 1 saturated carbocycles. The molecule has 2 rings (SSSR count). The molecule has 3 heteroatoms. The summed E-state index contributed by atoms with van der Waals surface area (Å²) in [4.78, 5) is 0. The van der Waals surface area contributed by atoms with E-state index in [0.29, 0.717) is 0 Å². The fourth-order valence-corrected chi connectivity index (χ4v) is 2.56. The molecule has 0 radical (unpaired) electrons. The quantitative estimate of drug-likeness (QED) is 0.530. The summed E-state index contributed by atoms with van der Waals surface area (Å²) in [6.45, 7) is 3.50. The number of hydrogen-bond acceptors (Lipinski definition) is 1. The minimum atomic E-state index is 0.856. The molecular weight excluding hydrogens is 185 g/mol. The molecule has 80 valence electrons. The molecule has 0 aromatic rings. The van der Waals surface area contributed by atoms with E-state index in [1.807, 2.05) is 6.08 Å². The summed E-state index contributed by atoms with van der Waals surface area (Å²) in [6, 6.07) is 0. The molecule has 15 heavy (non-hydrogen) atoms. The van der Waals surface area contributed by atoms with E-state index < -0.39 is 0 Å². The molecule has 1 fully saturated rings. The molecule has 1 aliphatic heterocycles. The van der Waals surface area contributed by atoms with E-state index in [0.717, 1.165) is 30.3 Å². The summed E-state index contributed by atoms with van der Waals surface area (Å²) < 4.78 is 2.27. The van der Waals surface area contributed by atoms with Crippen LogP contribution >= 0.6 is 0 Å². The standard InChI is InChI=1S/C12H19BNO/c1-10-2-3-11(8-10)9-14-6-4-12(13-15)5-7-14/h4,6-7,10-11,15H,2-3,5,8-9H2,1H3/q+1. The molecule has 2 nitrogen and oxygen atoms in total. The first kappa shape index (κ1) is 10.7. The SMILES string of the molecule is CC1CCC(C[N+]2=CCC(=BO)C=C2)C1. The predicted molar refractivity (Wildman–Crippen MR) is 64.4 cm³/mol. The first-order valence-electron chi connectivity index (χ1n) is 5.88. The maximum absolute atomic E-state index is 8.84. The zero-order chi connectivity index (χ0) is 10.7. The Morgan fingerprint density at radius 1 is 1.53 bits per heavy atom. The van der Waals surface area contributed by atoms with Gasteiger partial charge in [0.1, 0.15) is 0 Å². The van der Waals surface area contributed by atoms with Crippen molar-refractivity contribution in [3.8, 4) is 0 Å². The summed E-state index contributed by atoms with van der Waals surface area (Å²) >= 11 is 0. The van der Waals surface area contributed by atoms with E-state index in [1.165, 1.54) is 26.4 Å². The van der Waals surface area contributed by atoms with Crippen molar-refractivity contribution in [1.82, 2.24) is 0 Å². The van der Waals surface area contributed by atoms with Crippen LogP contribution in [0.4, 0.5) is 0 Å². The van der Waals surface area contributed by atoms with E-state index in [-0.39, 0.29) is 0 Å². The number of hydrogen-bond donors (Lipinski definition) is 1. The Labute approximate surface area is 92.3 Å². The predicted octanol–water partition coefficient (Wildman–Crippen LogP) is 1.21. The Bertz CT molecular complexity index is 320. The third-order valence-electron chi connectivity index (χ3n) is 3.48. The average molecular weight is 204 g/mol. The van der Waals surface area contributed by atoms with Crippen molar-refractivity contribution in [2.45, 2.75) is 32.6 Å². The summed E-state index contributed by atoms with van der Waals surface area (Å²) in [6.07, 6.45) is 11.3. The van der Waals surface area contributed by atoms with Gasteiger partial charge in [-0.05, 0) is 0 Å². The van der Waals surface area contributed by atoms with Crippen molar-refractivity contribution >= 4 is 18.8 Å². The Kier molecular flexibility index (Phi) is 3.39. The van der Waals surface area contributed by atoms with Crippen LogP contribution in [-0.2, 0) is 0 Å². The number of rotatable bonds is 2. The third kappa shape index (κ3) is 2.80. The molecule has 1 N–H and O–H groups in total. The van der Waals surface area contributed by atoms with Crippen LogP contribution in [0, 0.1) is 11.8 Å². The average Bonchev–Trinajstić information content (AvgIpc) is 2.65. The van der Waals surface area contributed by atoms with E-state index in [1.54, 1.807) is 0 Å². The van der Waals surface area contributed by atoms with Crippen LogP contribution in [0.2, 0.25) is 0 Å². The Balaban J connectivity index is 1.87. The molecule has 2 unspecified atom stereocenters. The van der Waals surface area contributed by atoms with Crippen LogP contribution in [0.25, 0.3) is 0 Å². The van der Waals surface area contributed by atoms with E-state index in [9.17, 15) is 0 Å². The van der Waals surface area contributed by atoms with Gasteiger partial charge in [-0.3, -0.25) is 0 Å². The van der Waals surface area contributed by atoms with Gasteiger partial charge in [0, 0.05) is 0 Å². The van der Waals surface area contributed by atoms with Gasteiger partial charge in [0.15, 0.2) is 0 Å². The first-order chi connectivity index (χ1) is 7.28. The van der Waals surface area contributed by atoms with Crippen LogP contribution in [0.1, 0.15) is 32.6 Å². The zero-order valence-electron chi connectivity index (χ0n) is 9.39. The third-order valence-corrected chi connectivity index (χ3v) is 3.48. The molecule has 1 aliphatic carbocycles. The Morgan fingerprint density at radius 3 is 2.93 bits per heavy atom. The Morgan fingerprint density at radius 2 is 2.40 bits per heavy atom. The molecule has 0 aromatic carbocycles.